The van der Waals surface area contributed by atoms with Crippen LogP contribution in [-0.4, -0.2) is 18.4 Å². The van der Waals surface area contributed by atoms with Crippen LogP contribution < -0.4 is 0 Å². The van der Waals surface area contributed by atoms with Crippen molar-refractivity contribution in [1.82, 2.24) is 0 Å². The van der Waals surface area contributed by atoms with E-state index in [1.54, 1.807) is 19.1 Å². The van der Waals surface area contributed by atoms with E-state index in [9.17, 15) is 14.0 Å². The summed E-state index contributed by atoms with van der Waals surface area (Å²) in [6, 6.07) is 15.5. The highest BCUT2D eigenvalue weighted by molar-refractivity contribution is 6.10. The number of ether oxygens (including phenoxy) is 1. The molecule has 0 heterocycles. The summed E-state index contributed by atoms with van der Waals surface area (Å²) in [7, 11) is 0. The molecular formula is C21H19FO3. The molecule has 0 amide bonds. The smallest absolute Gasteiger partial charge is 0.317 e. The lowest BCUT2D eigenvalue weighted by atomic mass is 9.73. The minimum absolute atomic E-state index is 0.235. The lowest BCUT2D eigenvalue weighted by molar-refractivity contribution is -0.151. The first-order valence-corrected chi connectivity index (χ1v) is 8.32. The molecule has 2 aromatic rings. The summed E-state index contributed by atoms with van der Waals surface area (Å²) in [5, 5.41) is 0. The van der Waals surface area contributed by atoms with E-state index in [2.05, 4.69) is 0 Å². The van der Waals surface area contributed by atoms with Crippen molar-refractivity contribution in [3.05, 3.63) is 77.6 Å². The normalized spacial score (nSPS) is 20.1. The minimum Gasteiger partial charge on any atom is -0.465 e. The van der Waals surface area contributed by atoms with Crippen LogP contribution in [0.25, 0.3) is 5.57 Å². The summed E-state index contributed by atoms with van der Waals surface area (Å²) in [4.78, 5) is 25.1. The number of carbonyl (C=O) groups is 2. The van der Waals surface area contributed by atoms with Crippen LogP contribution in [0.2, 0.25) is 0 Å². The first-order valence-electron chi connectivity index (χ1n) is 8.32. The molecule has 0 N–H and O–H groups in total. The Bertz CT molecular complexity index is 794. The molecular weight excluding hydrogens is 319 g/mol. The van der Waals surface area contributed by atoms with Crippen LogP contribution in [0.5, 0.6) is 0 Å². The van der Waals surface area contributed by atoms with Gasteiger partial charge in [0.1, 0.15) is 11.7 Å². The summed E-state index contributed by atoms with van der Waals surface area (Å²) in [6.07, 6.45) is 2.01. The maximum atomic E-state index is 13.2. The van der Waals surface area contributed by atoms with Gasteiger partial charge in [-0.25, -0.2) is 4.39 Å². The van der Waals surface area contributed by atoms with Crippen LogP contribution in [0.3, 0.4) is 0 Å². The average Bonchev–Trinajstić information content (AvgIpc) is 2.62. The standard InChI is InChI=1S/C21H19FO3/c1-2-25-21(24)20-18(15-6-4-3-5-7-15)12-16(13-19(20)23)14-8-10-17(22)11-9-14/h3-11,13,18,20H,2,12H2,1H3. The monoisotopic (exact) mass is 338 g/mol. The van der Waals surface area contributed by atoms with Gasteiger partial charge in [0.05, 0.1) is 6.61 Å². The topological polar surface area (TPSA) is 43.4 Å². The maximum Gasteiger partial charge on any atom is 0.317 e. The van der Waals surface area contributed by atoms with Gasteiger partial charge >= 0.3 is 5.97 Å². The third kappa shape index (κ3) is 3.68. The number of benzene rings is 2. The minimum atomic E-state index is -0.841. The van der Waals surface area contributed by atoms with Gasteiger partial charge in [0.25, 0.3) is 0 Å². The third-order valence-electron chi connectivity index (χ3n) is 4.45. The van der Waals surface area contributed by atoms with Crippen molar-refractivity contribution in [3.8, 4) is 0 Å². The fourth-order valence-electron chi connectivity index (χ4n) is 3.26. The highest BCUT2D eigenvalue weighted by atomic mass is 19.1. The van der Waals surface area contributed by atoms with Crippen LogP contribution in [0, 0.1) is 11.7 Å². The van der Waals surface area contributed by atoms with Gasteiger partial charge in [-0.1, -0.05) is 42.5 Å². The highest BCUT2D eigenvalue weighted by Crippen LogP contribution is 2.40. The van der Waals surface area contributed by atoms with Crippen molar-refractivity contribution in [2.24, 2.45) is 5.92 Å². The molecule has 2 atom stereocenters. The summed E-state index contributed by atoms with van der Waals surface area (Å²) < 4.78 is 18.3. The first kappa shape index (κ1) is 17.1. The summed E-state index contributed by atoms with van der Waals surface area (Å²) in [5.74, 6) is -2.21. The Labute approximate surface area is 146 Å². The molecule has 25 heavy (non-hydrogen) atoms. The summed E-state index contributed by atoms with van der Waals surface area (Å²) in [6.45, 7) is 1.96. The SMILES string of the molecule is CCOC(=O)C1C(=O)C=C(c2ccc(F)cc2)CC1c1ccccc1. The molecule has 0 fully saturated rings. The highest BCUT2D eigenvalue weighted by Gasteiger charge is 2.39. The fraction of sp³-hybridized carbons (Fsp3) is 0.238. The lowest BCUT2D eigenvalue weighted by Gasteiger charge is -2.29. The van der Waals surface area contributed by atoms with Gasteiger partial charge in [-0.2, -0.15) is 0 Å². The molecule has 2 unspecified atom stereocenters. The molecule has 1 aliphatic rings. The summed E-state index contributed by atoms with van der Waals surface area (Å²) >= 11 is 0. The second-order valence-corrected chi connectivity index (χ2v) is 6.03. The van der Waals surface area contributed by atoms with E-state index < -0.39 is 11.9 Å². The van der Waals surface area contributed by atoms with E-state index in [4.69, 9.17) is 4.74 Å². The quantitative estimate of drug-likeness (QED) is 0.621. The van der Waals surface area contributed by atoms with E-state index in [1.807, 2.05) is 30.3 Å². The van der Waals surface area contributed by atoms with E-state index in [1.165, 1.54) is 18.2 Å². The Hall–Kier alpha value is -2.75. The van der Waals surface area contributed by atoms with Gasteiger partial charge in [-0.15, -0.1) is 0 Å². The number of carbonyl (C=O) groups excluding carboxylic acids is 2. The second kappa shape index (κ2) is 7.43. The van der Waals surface area contributed by atoms with Crippen molar-refractivity contribution in [2.75, 3.05) is 6.61 Å². The molecule has 3 rings (SSSR count). The number of halogens is 1. The Morgan fingerprint density at radius 2 is 1.80 bits per heavy atom. The van der Waals surface area contributed by atoms with Crippen molar-refractivity contribution in [1.29, 1.82) is 0 Å². The number of hydrogen-bond acceptors (Lipinski definition) is 3. The Morgan fingerprint density at radius 3 is 2.44 bits per heavy atom. The molecule has 0 aliphatic heterocycles. The second-order valence-electron chi connectivity index (χ2n) is 6.03. The van der Waals surface area contributed by atoms with Crippen molar-refractivity contribution < 1.29 is 18.7 Å². The molecule has 4 heteroatoms. The molecule has 128 valence electrons. The van der Waals surface area contributed by atoms with Crippen molar-refractivity contribution in [3.63, 3.8) is 0 Å². The number of esters is 1. The average molecular weight is 338 g/mol. The zero-order chi connectivity index (χ0) is 17.8. The zero-order valence-corrected chi connectivity index (χ0v) is 13.9. The Balaban J connectivity index is 2.00. The van der Waals surface area contributed by atoms with Crippen molar-refractivity contribution in [2.45, 2.75) is 19.3 Å². The molecule has 0 aromatic heterocycles. The predicted octanol–water partition coefficient (Wildman–Crippen LogP) is 4.15. The largest absolute Gasteiger partial charge is 0.465 e. The van der Waals surface area contributed by atoms with Crippen LogP contribution in [0.15, 0.2) is 60.7 Å². The lowest BCUT2D eigenvalue weighted by Crippen LogP contribution is -2.34. The molecule has 2 aromatic carbocycles. The van der Waals surface area contributed by atoms with Crippen LogP contribution in [0.4, 0.5) is 4.39 Å². The van der Waals surface area contributed by atoms with Crippen LogP contribution in [-0.2, 0) is 14.3 Å². The Kier molecular flexibility index (Phi) is 5.08. The molecule has 0 saturated carbocycles. The maximum absolute atomic E-state index is 13.2. The number of ketones is 1. The van der Waals surface area contributed by atoms with Gasteiger partial charge in [0.15, 0.2) is 5.78 Å². The fourth-order valence-corrected chi connectivity index (χ4v) is 3.26. The Morgan fingerprint density at radius 1 is 1.12 bits per heavy atom. The number of rotatable bonds is 4. The van der Waals surface area contributed by atoms with Crippen LogP contribution in [0.1, 0.15) is 30.4 Å². The molecule has 0 spiro atoms. The van der Waals surface area contributed by atoms with Crippen molar-refractivity contribution >= 4 is 17.3 Å². The zero-order valence-electron chi connectivity index (χ0n) is 13.9. The molecule has 0 saturated heterocycles. The van der Waals surface area contributed by atoms with Gasteiger partial charge in [-0.05, 0) is 48.3 Å². The predicted molar refractivity (Wildman–Crippen MR) is 93.3 cm³/mol. The van der Waals surface area contributed by atoms with E-state index >= 15 is 0 Å². The molecule has 0 radical (unpaired) electrons. The molecule has 3 nitrogen and oxygen atoms in total. The van der Waals surface area contributed by atoms with Crippen LogP contribution >= 0.6 is 0 Å². The van der Waals surface area contributed by atoms with E-state index in [0.29, 0.717) is 6.42 Å². The van der Waals surface area contributed by atoms with Gasteiger partial charge in [-0.3, -0.25) is 9.59 Å². The van der Waals surface area contributed by atoms with Gasteiger partial charge in [0, 0.05) is 5.92 Å². The third-order valence-corrected chi connectivity index (χ3v) is 4.45. The van der Waals surface area contributed by atoms with Gasteiger partial charge in [0.2, 0.25) is 0 Å². The van der Waals surface area contributed by atoms with E-state index in [-0.39, 0.29) is 24.1 Å². The summed E-state index contributed by atoms with van der Waals surface area (Å²) in [5.41, 5.74) is 2.51. The number of allylic oxidation sites excluding steroid dienone is 2. The van der Waals surface area contributed by atoms with E-state index in [0.717, 1.165) is 16.7 Å². The number of hydrogen-bond donors (Lipinski definition) is 0. The first-order chi connectivity index (χ1) is 12.1. The molecule has 1 aliphatic carbocycles. The van der Waals surface area contributed by atoms with Gasteiger partial charge < -0.3 is 4.74 Å². The molecule has 0 bridgehead atoms.